The number of hydrogen-bond acceptors (Lipinski definition) is 4. The lowest BCUT2D eigenvalue weighted by Crippen LogP contribution is -2.45. The SMILES string of the molecule is O=C(O)CNC(=O)CNC(=O)[C@@H]1CCCN1. The zero-order valence-electron chi connectivity index (χ0n) is 8.78. The molecule has 7 nitrogen and oxygen atoms in total. The van der Waals surface area contributed by atoms with Crippen molar-refractivity contribution in [2.45, 2.75) is 18.9 Å². The van der Waals surface area contributed by atoms with Crippen LogP contribution in [-0.2, 0) is 14.4 Å². The van der Waals surface area contributed by atoms with Gasteiger partial charge in [-0.25, -0.2) is 0 Å². The molecule has 0 aliphatic carbocycles. The van der Waals surface area contributed by atoms with E-state index in [4.69, 9.17) is 5.11 Å². The minimum absolute atomic E-state index is 0.190. The molecule has 1 rings (SSSR count). The Bertz CT molecular complexity index is 286. The lowest BCUT2D eigenvalue weighted by Gasteiger charge is -2.10. The van der Waals surface area contributed by atoms with Crippen molar-refractivity contribution in [2.24, 2.45) is 0 Å². The largest absolute Gasteiger partial charge is 0.480 e. The Morgan fingerprint density at radius 2 is 2.00 bits per heavy atom. The first-order valence-electron chi connectivity index (χ1n) is 5.09. The lowest BCUT2D eigenvalue weighted by molar-refractivity contribution is -0.137. The van der Waals surface area contributed by atoms with Crippen molar-refractivity contribution in [1.29, 1.82) is 0 Å². The number of hydrogen-bond donors (Lipinski definition) is 4. The van der Waals surface area contributed by atoms with Gasteiger partial charge in [-0.05, 0) is 19.4 Å². The summed E-state index contributed by atoms with van der Waals surface area (Å²) in [5, 5.41) is 15.9. The van der Waals surface area contributed by atoms with Crippen LogP contribution in [0.25, 0.3) is 0 Å². The maximum atomic E-state index is 11.4. The van der Waals surface area contributed by atoms with Crippen LogP contribution in [0.4, 0.5) is 0 Å². The van der Waals surface area contributed by atoms with Crippen LogP contribution < -0.4 is 16.0 Å². The minimum atomic E-state index is -1.11. The van der Waals surface area contributed by atoms with Crippen molar-refractivity contribution in [3.63, 3.8) is 0 Å². The molecule has 0 aromatic rings. The fourth-order valence-electron chi connectivity index (χ4n) is 1.44. The van der Waals surface area contributed by atoms with Gasteiger partial charge in [0.1, 0.15) is 6.54 Å². The number of nitrogens with one attached hydrogen (secondary N) is 3. The first-order valence-corrected chi connectivity index (χ1v) is 5.09. The lowest BCUT2D eigenvalue weighted by atomic mass is 10.2. The molecule has 16 heavy (non-hydrogen) atoms. The Morgan fingerprint density at radius 1 is 1.25 bits per heavy atom. The van der Waals surface area contributed by atoms with E-state index in [2.05, 4.69) is 16.0 Å². The van der Waals surface area contributed by atoms with Crippen molar-refractivity contribution in [2.75, 3.05) is 19.6 Å². The molecule has 0 unspecified atom stereocenters. The van der Waals surface area contributed by atoms with Crippen LogP contribution in [0, 0.1) is 0 Å². The molecule has 1 saturated heterocycles. The molecule has 1 atom stereocenters. The summed E-state index contributed by atoms with van der Waals surface area (Å²) in [4.78, 5) is 32.6. The zero-order valence-corrected chi connectivity index (χ0v) is 8.78. The summed E-state index contributed by atoms with van der Waals surface area (Å²) in [6, 6.07) is -0.229. The topological polar surface area (TPSA) is 108 Å². The van der Waals surface area contributed by atoms with Crippen LogP contribution >= 0.6 is 0 Å². The molecule has 0 saturated carbocycles. The Balaban J connectivity index is 2.15. The Kier molecular flexibility index (Phi) is 4.71. The second kappa shape index (κ2) is 6.06. The molecule has 1 aliphatic heterocycles. The summed E-state index contributed by atoms with van der Waals surface area (Å²) in [6.45, 7) is 0.184. The molecular weight excluding hydrogens is 214 g/mol. The normalized spacial score (nSPS) is 19.1. The van der Waals surface area contributed by atoms with Gasteiger partial charge in [0.2, 0.25) is 11.8 Å². The van der Waals surface area contributed by atoms with Gasteiger partial charge in [-0.3, -0.25) is 14.4 Å². The van der Waals surface area contributed by atoms with Crippen molar-refractivity contribution in [1.82, 2.24) is 16.0 Å². The van der Waals surface area contributed by atoms with E-state index in [1.807, 2.05) is 0 Å². The molecule has 1 heterocycles. The zero-order chi connectivity index (χ0) is 12.0. The summed E-state index contributed by atoms with van der Waals surface area (Å²) in [6.07, 6.45) is 1.71. The van der Waals surface area contributed by atoms with E-state index in [0.29, 0.717) is 0 Å². The summed E-state index contributed by atoms with van der Waals surface area (Å²) < 4.78 is 0. The van der Waals surface area contributed by atoms with Crippen LogP contribution in [0.5, 0.6) is 0 Å². The molecule has 0 bridgehead atoms. The second-order valence-corrected chi connectivity index (χ2v) is 3.54. The van der Waals surface area contributed by atoms with Crippen molar-refractivity contribution < 1.29 is 19.5 Å². The van der Waals surface area contributed by atoms with Gasteiger partial charge >= 0.3 is 5.97 Å². The Hall–Kier alpha value is -1.63. The van der Waals surface area contributed by atoms with E-state index >= 15 is 0 Å². The van der Waals surface area contributed by atoms with E-state index in [0.717, 1.165) is 19.4 Å². The van der Waals surface area contributed by atoms with Crippen LogP contribution in [0.15, 0.2) is 0 Å². The van der Waals surface area contributed by atoms with Crippen molar-refractivity contribution >= 4 is 17.8 Å². The van der Waals surface area contributed by atoms with Gasteiger partial charge in [0.15, 0.2) is 0 Å². The molecule has 1 aliphatic rings. The molecule has 1 fully saturated rings. The molecular formula is C9H15N3O4. The van der Waals surface area contributed by atoms with Crippen molar-refractivity contribution in [3.8, 4) is 0 Å². The second-order valence-electron chi connectivity index (χ2n) is 3.54. The van der Waals surface area contributed by atoms with Gasteiger partial charge in [0.05, 0.1) is 12.6 Å². The van der Waals surface area contributed by atoms with Gasteiger partial charge in [0, 0.05) is 0 Å². The van der Waals surface area contributed by atoms with E-state index in [1.165, 1.54) is 0 Å². The molecule has 0 spiro atoms. The van der Waals surface area contributed by atoms with Gasteiger partial charge < -0.3 is 21.1 Å². The van der Waals surface area contributed by atoms with Gasteiger partial charge in [0.25, 0.3) is 0 Å². The number of carbonyl (C=O) groups excluding carboxylic acids is 2. The molecule has 0 aromatic carbocycles. The number of carboxylic acid groups (broad SMARTS) is 1. The minimum Gasteiger partial charge on any atom is -0.480 e. The first kappa shape index (κ1) is 12.4. The van der Waals surface area contributed by atoms with E-state index in [1.54, 1.807) is 0 Å². The Morgan fingerprint density at radius 3 is 2.56 bits per heavy atom. The predicted octanol–water partition coefficient (Wildman–Crippen LogP) is -1.94. The summed E-state index contributed by atoms with van der Waals surface area (Å²) in [7, 11) is 0. The molecule has 90 valence electrons. The fraction of sp³-hybridized carbons (Fsp3) is 0.667. The van der Waals surface area contributed by atoms with Crippen LogP contribution in [-0.4, -0.2) is 48.6 Å². The molecule has 4 N–H and O–H groups in total. The monoisotopic (exact) mass is 229 g/mol. The highest BCUT2D eigenvalue weighted by Crippen LogP contribution is 2.03. The third-order valence-corrected chi connectivity index (χ3v) is 2.24. The number of carbonyl (C=O) groups is 3. The number of aliphatic carboxylic acids is 1. The average molecular weight is 229 g/mol. The van der Waals surface area contributed by atoms with Crippen LogP contribution in [0.2, 0.25) is 0 Å². The fourth-order valence-corrected chi connectivity index (χ4v) is 1.44. The third-order valence-electron chi connectivity index (χ3n) is 2.24. The molecule has 7 heteroatoms. The van der Waals surface area contributed by atoms with Crippen LogP contribution in [0.1, 0.15) is 12.8 Å². The maximum absolute atomic E-state index is 11.4. The Labute approximate surface area is 92.6 Å². The maximum Gasteiger partial charge on any atom is 0.322 e. The van der Waals surface area contributed by atoms with E-state index in [9.17, 15) is 14.4 Å². The van der Waals surface area contributed by atoms with E-state index in [-0.39, 0.29) is 18.5 Å². The smallest absolute Gasteiger partial charge is 0.322 e. The predicted molar refractivity (Wildman–Crippen MR) is 54.7 cm³/mol. The summed E-state index contributed by atoms with van der Waals surface area (Å²) >= 11 is 0. The van der Waals surface area contributed by atoms with Gasteiger partial charge in [-0.2, -0.15) is 0 Å². The highest BCUT2D eigenvalue weighted by molar-refractivity contribution is 5.88. The summed E-state index contributed by atoms with van der Waals surface area (Å²) in [5.41, 5.74) is 0. The average Bonchev–Trinajstić information content (AvgIpc) is 2.76. The molecule has 0 radical (unpaired) electrons. The summed E-state index contributed by atoms with van der Waals surface area (Å²) in [5.74, 6) is -1.84. The molecule has 0 aromatic heterocycles. The van der Waals surface area contributed by atoms with Crippen LogP contribution in [0.3, 0.4) is 0 Å². The van der Waals surface area contributed by atoms with E-state index < -0.39 is 18.4 Å². The standard InChI is InChI=1S/C9H15N3O4/c13-7(11-5-8(14)15)4-12-9(16)6-2-1-3-10-6/h6,10H,1-5H2,(H,11,13)(H,12,16)(H,14,15)/t6-/m0/s1. The first-order chi connectivity index (χ1) is 7.59. The number of amides is 2. The van der Waals surface area contributed by atoms with Gasteiger partial charge in [-0.15, -0.1) is 0 Å². The number of rotatable bonds is 5. The third kappa shape index (κ3) is 4.26. The molecule has 2 amide bonds. The highest BCUT2D eigenvalue weighted by Gasteiger charge is 2.21. The van der Waals surface area contributed by atoms with Crippen molar-refractivity contribution in [3.05, 3.63) is 0 Å². The van der Waals surface area contributed by atoms with Gasteiger partial charge in [-0.1, -0.05) is 0 Å². The number of carboxylic acids is 1. The quantitative estimate of drug-likeness (QED) is 0.438. The highest BCUT2D eigenvalue weighted by atomic mass is 16.4.